The van der Waals surface area contributed by atoms with Crippen LogP contribution in [0.3, 0.4) is 0 Å². The first-order valence-electron chi connectivity index (χ1n) is 5.59. The maximum Gasteiger partial charge on any atom is 0.164 e. The third-order valence-corrected chi connectivity index (χ3v) is 2.13. The molecule has 2 N–H and O–H groups in total. The number of nitrogens with two attached hydrogens (primary N) is 1. The molecule has 0 saturated carbocycles. The van der Waals surface area contributed by atoms with Crippen LogP contribution in [0.25, 0.3) is 0 Å². The van der Waals surface area contributed by atoms with Gasteiger partial charge in [-0.15, -0.1) is 0 Å². The average Bonchev–Trinajstić information content (AvgIpc) is 2.27. The Morgan fingerprint density at radius 2 is 1.94 bits per heavy atom. The van der Waals surface area contributed by atoms with E-state index in [1.807, 2.05) is 12.1 Å². The molecule has 1 aromatic rings. The molecule has 0 aliphatic heterocycles. The van der Waals surface area contributed by atoms with E-state index < -0.39 is 0 Å². The molecule has 16 heavy (non-hydrogen) atoms. The number of Topliss-reactive ketones (excluding diaryl/α,β-unsaturated/α-hetero) is 1. The first kappa shape index (κ1) is 12.7. The second-order valence-electron chi connectivity index (χ2n) is 4.19. The van der Waals surface area contributed by atoms with E-state index >= 15 is 0 Å². The minimum Gasteiger partial charge on any atom is -0.493 e. The molecule has 0 radical (unpaired) electrons. The summed E-state index contributed by atoms with van der Waals surface area (Å²) < 4.78 is 5.53. The van der Waals surface area contributed by atoms with Crippen LogP contribution in [0.4, 0.5) is 0 Å². The molecule has 3 heteroatoms. The van der Waals surface area contributed by atoms with Crippen LogP contribution < -0.4 is 10.5 Å². The summed E-state index contributed by atoms with van der Waals surface area (Å²) in [6.45, 7) is 5.28. The monoisotopic (exact) mass is 221 g/mol. The third-order valence-electron chi connectivity index (χ3n) is 2.13. The van der Waals surface area contributed by atoms with Gasteiger partial charge in [-0.05, 0) is 36.7 Å². The van der Waals surface area contributed by atoms with Crippen molar-refractivity contribution in [1.82, 2.24) is 0 Å². The number of carbonyl (C=O) groups excluding carboxylic acids is 1. The van der Waals surface area contributed by atoms with Crippen molar-refractivity contribution in [2.24, 2.45) is 11.7 Å². The normalized spacial score (nSPS) is 10.5. The summed E-state index contributed by atoms with van der Waals surface area (Å²) in [7, 11) is 0. The minimum absolute atomic E-state index is 0.0814. The Labute approximate surface area is 96.6 Å². The molecule has 88 valence electrons. The van der Waals surface area contributed by atoms with E-state index in [0.717, 1.165) is 5.75 Å². The molecule has 0 saturated heterocycles. The fourth-order valence-electron chi connectivity index (χ4n) is 1.28. The molecule has 1 rings (SSSR count). The number of hydrogen-bond donors (Lipinski definition) is 1. The Balaban J connectivity index is 2.57. The highest BCUT2D eigenvalue weighted by Gasteiger charge is 2.04. The maximum atomic E-state index is 11.5. The summed E-state index contributed by atoms with van der Waals surface area (Å²) in [5, 5.41) is 0. The molecule has 0 heterocycles. The summed E-state index contributed by atoms with van der Waals surface area (Å²) in [4.78, 5) is 11.5. The van der Waals surface area contributed by atoms with Crippen molar-refractivity contribution >= 4 is 5.78 Å². The zero-order valence-corrected chi connectivity index (χ0v) is 9.90. The Bertz CT molecular complexity index is 330. The first-order chi connectivity index (χ1) is 7.63. The fraction of sp³-hybridized carbons (Fsp3) is 0.462. The number of ether oxygens (including phenoxy) is 1. The SMILES string of the molecule is CC(C)COc1ccc(C(=O)CCN)cc1. The molecule has 3 nitrogen and oxygen atoms in total. The van der Waals surface area contributed by atoms with Crippen molar-refractivity contribution in [1.29, 1.82) is 0 Å². The van der Waals surface area contributed by atoms with Crippen LogP contribution in [-0.2, 0) is 0 Å². The van der Waals surface area contributed by atoms with Gasteiger partial charge in [0, 0.05) is 12.0 Å². The van der Waals surface area contributed by atoms with Gasteiger partial charge in [-0.3, -0.25) is 4.79 Å². The van der Waals surface area contributed by atoms with Gasteiger partial charge in [-0.25, -0.2) is 0 Å². The highest BCUT2D eigenvalue weighted by atomic mass is 16.5. The molecule has 0 spiro atoms. The average molecular weight is 221 g/mol. The zero-order chi connectivity index (χ0) is 12.0. The molecule has 1 aromatic carbocycles. The van der Waals surface area contributed by atoms with Crippen LogP contribution in [0.1, 0.15) is 30.6 Å². The van der Waals surface area contributed by atoms with Crippen molar-refractivity contribution in [2.45, 2.75) is 20.3 Å². The van der Waals surface area contributed by atoms with Crippen LogP contribution in [0.2, 0.25) is 0 Å². The van der Waals surface area contributed by atoms with Gasteiger partial charge in [0.1, 0.15) is 5.75 Å². The lowest BCUT2D eigenvalue weighted by Crippen LogP contribution is -2.08. The van der Waals surface area contributed by atoms with E-state index in [4.69, 9.17) is 10.5 Å². The fourth-order valence-corrected chi connectivity index (χ4v) is 1.28. The molecule has 0 bridgehead atoms. The number of benzene rings is 1. The van der Waals surface area contributed by atoms with E-state index in [-0.39, 0.29) is 5.78 Å². The highest BCUT2D eigenvalue weighted by Crippen LogP contribution is 2.14. The van der Waals surface area contributed by atoms with E-state index in [9.17, 15) is 4.79 Å². The third kappa shape index (κ3) is 4.03. The number of rotatable bonds is 6. The molecule has 0 aliphatic carbocycles. The molecule has 0 amide bonds. The second kappa shape index (κ2) is 6.28. The lowest BCUT2D eigenvalue weighted by molar-refractivity contribution is 0.0985. The van der Waals surface area contributed by atoms with Gasteiger partial charge in [0.05, 0.1) is 6.61 Å². The quantitative estimate of drug-likeness (QED) is 0.750. The lowest BCUT2D eigenvalue weighted by Gasteiger charge is -2.08. The number of ketones is 1. The minimum atomic E-state index is 0.0814. The zero-order valence-electron chi connectivity index (χ0n) is 9.90. The van der Waals surface area contributed by atoms with Gasteiger partial charge >= 0.3 is 0 Å². The van der Waals surface area contributed by atoms with Crippen molar-refractivity contribution in [3.63, 3.8) is 0 Å². The molecule has 0 aromatic heterocycles. The Hall–Kier alpha value is -1.35. The molecule has 0 fully saturated rings. The molecular weight excluding hydrogens is 202 g/mol. The maximum absolute atomic E-state index is 11.5. The van der Waals surface area contributed by atoms with E-state index in [1.54, 1.807) is 12.1 Å². The van der Waals surface area contributed by atoms with E-state index in [0.29, 0.717) is 31.1 Å². The molecule has 0 atom stereocenters. The predicted octanol–water partition coefficient (Wildman–Crippen LogP) is 2.25. The van der Waals surface area contributed by atoms with Crippen LogP contribution >= 0.6 is 0 Å². The van der Waals surface area contributed by atoms with Crippen molar-refractivity contribution in [3.8, 4) is 5.75 Å². The standard InChI is InChI=1S/C13H19NO2/c1-10(2)9-16-12-5-3-11(4-6-12)13(15)7-8-14/h3-6,10H,7-9,14H2,1-2H3. The molecule has 0 unspecified atom stereocenters. The molecular formula is C13H19NO2. The summed E-state index contributed by atoms with van der Waals surface area (Å²) in [5.41, 5.74) is 6.03. The Kier molecular flexibility index (Phi) is 4.99. The second-order valence-corrected chi connectivity index (χ2v) is 4.19. The smallest absolute Gasteiger partial charge is 0.164 e. The van der Waals surface area contributed by atoms with Crippen molar-refractivity contribution in [2.75, 3.05) is 13.2 Å². The Morgan fingerprint density at radius 1 is 1.31 bits per heavy atom. The predicted molar refractivity (Wildman–Crippen MR) is 64.8 cm³/mol. The topological polar surface area (TPSA) is 52.3 Å². The van der Waals surface area contributed by atoms with Crippen molar-refractivity contribution in [3.05, 3.63) is 29.8 Å². The van der Waals surface area contributed by atoms with Gasteiger partial charge in [0.15, 0.2) is 5.78 Å². The van der Waals surface area contributed by atoms with Gasteiger partial charge in [0.25, 0.3) is 0 Å². The number of carbonyl (C=O) groups is 1. The highest BCUT2D eigenvalue weighted by molar-refractivity contribution is 5.96. The van der Waals surface area contributed by atoms with Crippen LogP contribution in [0, 0.1) is 5.92 Å². The van der Waals surface area contributed by atoms with E-state index in [1.165, 1.54) is 0 Å². The molecule has 0 aliphatic rings. The van der Waals surface area contributed by atoms with Crippen LogP contribution in [0.15, 0.2) is 24.3 Å². The van der Waals surface area contributed by atoms with Gasteiger partial charge < -0.3 is 10.5 Å². The summed E-state index contributed by atoms with van der Waals surface area (Å²) >= 11 is 0. The van der Waals surface area contributed by atoms with Gasteiger partial charge in [-0.2, -0.15) is 0 Å². The van der Waals surface area contributed by atoms with E-state index in [2.05, 4.69) is 13.8 Å². The van der Waals surface area contributed by atoms with Crippen molar-refractivity contribution < 1.29 is 9.53 Å². The summed E-state index contributed by atoms with van der Waals surface area (Å²) in [5.74, 6) is 1.38. The van der Waals surface area contributed by atoms with Gasteiger partial charge in [0.2, 0.25) is 0 Å². The summed E-state index contributed by atoms with van der Waals surface area (Å²) in [6, 6.07) is 7.22. The Morgan fingerprint density at radius 3 is 2.44 bits per heavy atom. The first-order valence-corrected chi connectivity index (χ1v) is 5.59. The summed E-state index contributed by atoms with van der Waals surface area (Å²) in [6.07, 6.45) is 0.395. The largest absolute Gasteiger partial charge is 0.493 e. The van der Waals surface area contributed by atoms with Crippen LogP contribution in [-0.4, -0.2) is 18.9 Å². The lowest BCUT2D eigenvalue weighted by atomic mass is 10.1. The van der Waals surface area contributed by atoms with Crippen LogP contribution in [0.5, 0.6) is 5.75 Å². The number of hydrogen-bond acceptors (Lipinski definition) is 3. The van der Waals surface area contributed by atoms with Gasteiger partial charge in [-0.1, -0.05) is 13.8 Å².